The molecule has 2 atom stereocenters. The molecule has 5 rings (SSSR count). The third-order valence-electron chi connectivity index (χ3n) is 6.28. The minimum absolute atomic E-state index is 0.0665. The average molecular weight is 440 g/mol. The number of amides is 1. The van der Waals surface area contributed by atoms with E-state index in [-0.39, 0.29) is 17.4 Å². The summed E-state index contributed by atoms with van der Waals surface area (Å²) in [5.74, 6) is -0.721. The molecule has 1 saturated heterocycles. The number of benzene rings is 3. The molecule has 0 spiro atoms. The molecule has 0 saturated carbocycles. The highest BCUT2D eigenvalue weighted by atomic mass is 16.5. The number of hydrogen-bond acceptors (Lipinski definition) is 4. The molecular weight excluding hydrogens is 414 g/mol. The van der Waals surface area contributed by atoms with E-state index in [4.69, 9.17) is 4.74 Å². The van der Waals surface area contributed by atoms with Crippen LogP contribution in [0.5, 0.6) is 5.75 Å². The van der Waals surface area contributed by atoms with Gasteiger partial charge in [0.25, 0.3) is 11.7 Å². The molecule has 3 aromatic rings. The van der Waals surface area contributed by atoms with E-state index < -0.39 is 17.7 Å². The predicted molar refractivity (Wildman–Crippen MR) is 127 cm³/mol. The molecule has 0 aliphatic carbocycles. The van der Waals surface area contributed by atoms with Crippen molar-refractivity contribution in [1.29, 1.82) is 0 Å². The molecule has 5 heteroatoms. The molecule has 0 aromatic heterocycles. The van der Waals surface area contributed by atoms with Gasteiger partial charge in [0.2, 0.25) is 0 Å². The van der Waals surface area contributed by atoms with Gasteiger partial charge in [-0.3, -0.25) is 14.5 Å². The van der Waals surface area contributed by atoms with Crippen molar-refractivity contribution < 1.29 is 19.4 Å². The first-order valence-electron chi connectivity index (χ1n) is 11.1. The summed E-state index contributed by atoms with van der Waals surface area (Å²) in [5.41, 5.74) is 5.03. The first-order chi connectivity index (χ1) is 15.8. The maximum absolute atomic E-state index is 13.3. The van der Waals surface area contributed by atoms with Crippen LogP contribution in [-0.2, 0) is 16.0 Å². The molecule has 166 valence electrons. The molecule has 2 heterocycles. The lowest BCUT2D eigenvalue weighted by atomic mass is 9.93. The normalized spacial score (nSPS) is 21.2. The maximum atomic E-state index is 13.3. The Morgan fingerprint density at radius 3 is 2.45 bits per heavy atom. The van der Waals surface area contributed by atoms with E-state index in [1.54, 1.807) is 6.07 Å². The number of carbonyl (C=O) groups excluding carboxylic acids is 2. The molecule has 2 aliphatic heterocycles. The van der Waals surface area contributed by atoms with Crippen LogP contribution in [0.2, 0.25) is 0 Å². The number of aliphatic hydroxyl groups is 1. The van der Waals surface area contributed by atoms with E-state index >= 15 is 0 Å². The fourth-order valence-corrected chi connectivity index (χ4v) is 4.68. The Labute approximate surface area is 192 Å². The number of ether oxygens (including phenoxy) is 1. The van der Waals surface area contributed by atoms with Gasteiger partial charge in [0.05, 0.1) is 11.6 Å². The summed E-state index contributed by atoms with van der Waals surface area (Å²) in [4.78, 5) is 28.0. The zero-order chi connectivity index (χ0) is 23.3. The van der Waals surface area contributed by atoms with E-state index in [1.807, 2.05) is 81.4 Å². The second-order valence-electron chi connectivity index (χ2n) is 8.87. The van der Waals surface area contributed by atoms with Gasteiger partial charge in [-0.2, -0.15) is 0 Å². The fourth-order valence-electron chi connectivity index (χ4n) is 4.68. The highest BCUT2D eigenvalue weighted by Gasteiger charge is 2.47. The van der Waals surface area contributed by atoms with Gasteiger partial charge >= 0.3 is 0 Å². The van der Waals surface area contributed by atoms with E-state index in [2.05, 4.69) is 0 Å². The van der Waals surface area contributed by atoms with Gasteiger partial charge in [0, 0.05) is 17.7 Å². The Kier molecular flexibility index (Phi) is 5.05. The number of aliphatic hydroxyl groups excluding tert-OH is 1. The van der Waals surface area contributed by atoms with Gasteiger partial charge in [-0.15, -0.1) is 0 Å². The summed E-state index contributed by atoms with van der Waals surface area (Å²) in [6, 6.07) is 19.8. The third kappa shape index (κ3) is 3.59. The van der Waals surface area contributed by atoms with Crippen molar-refractivity contribution in [2.45, 2.75) is 39.3 Å². The van der Waals surface area contributed by atoms with Crippen LogP contribution in [0.4, 0.5) is 5.69 Å². The van der Waals surface area contributed by atoms with Gasteiger partial charge in [-0.25, -0.2) is 0 Å². The first kappa shape index (κ1) is 21.0. The molecule has 0 radical (unpaired) electrons. The lowest BCUT2D eigenvalue weighted by Gasteiger charge is -2.26. The largest absolute Gasteiger partial charge is 0.507 e. The average Bonchev–Trinajstić information content (AvgIpc) is 3.29. The zero-order valence-corrected chi connectivity index (χ0v) is 18.8. The van der Waals surface area contributed by atoms with Gasteiger partial charge < -0.3 is 9.84 Å². The Bertz CT molecular complexity index is 1310. The molecule has 0 bridgehead atoms. The molecule has 33 heavy (non-hydrogen) atoms. The topological polar surface area (TPSA) is 66.8 Å². The van der Waals surface area contributed by atoms with Crippen molar-refractivity contribution in [2.24, 2.45) is 0 Å². The van der Waals surface area contributed by atoms with Crippen molar-refractivity contribution in [3.05, 3.63) is 100 Å². The molecule has 1 N–H and O–H groups in total. The molecule has 2 unspecified atom stereocenters. The molecule has 5 nitrogen and oxygen atoms in total. The summed E-state index contributed by atoms with van der Waals surface area (Å²) in [7, 11) is 0. The van der Waals surface area contributed by atoms with Gasteiger partial charge in [-0.1, -0.05) is 47.5 Å². The minimum atomic E-state index is -0.726. The van der Waals surface area contributed by atoms with E-state index in [0.29, 0.717) is 11.3 Å². The number of nitrogens with zero attached hydrogens (tertiary/aromatic N) is 1. The van der Waals surface area contributed by atoms with Crippen LogP contribution >= 0.6 is 0 Å². The monoisotopic (exact) mass is 439 g/mol. The number of rotatable bonds is 3. The molecule has 3 aromatic carbocycles. The van der Waals surface area contributed by atoms with E-state index in [1.165, 1.54) is 4.90 Å². The lowest BCUT2D eigenvalue weighted by molar-refractivity contribution is -0.132. The van der Waals surface area contributed by atoms with E-state index in [9.17, 15) is 14.7 Å². The Balaban J connectivity index is 1.69. The first-order valence-corrected chi connectivity index (χ1v) is 11.1. The SMILES string of the molecule is Cc1ccc(N2C(=O)C(=O)/C(=C(\O)c3ccc4c(c3)CC(C)O4)C2c2cccc(C)c2)cc1. The number of ketones is 1. The predicted octanol–water partition coefficient (Wildman–Crippen LogP) is 5.25. The third-order valence-corrected chi connectivity index (χ3v) is 6.28. The number of hydrogen-bond donors (Lipinski definition) is 1. The van der Waals surface area contributed by atoms with Crippen molar-refractivity contribution in [1.82, 2.24) is 0 Å². The van der Waals surface area contributed by atoms with Gasteiger partial charge in [0.15, 0.2) is 0 Å². The molecule has 2 aliphatic rings. The number of anilines is 1. The number of fused-ring (bicyclic) bond motifs is 1. The van der Waals surface area contributed by atoms with Gasteiger partial charge in [0.1, 0.15) is 17.6 Å². The highest BCUT2D eigenvalue weighted by molar-refractivity contribution is 6.51. The lowest BCUT2D eigenvalue weighted by Crippen LogP contribution is -2.29. The minimum Gasteiger partial charge on any atom is -0.507 e. The van der Waals surface area contributed by atoms with Crippen molar-refractivity contribution >= 4 is 23.1 Å². The summed E-state index contributed by atoms with van der Waals surface area (Å²) < 4.78 is 5.77. The quantitative estimate of drug-likeness (QED) is 0.344. The van der Waals surface area contributed by atoms with Crippen LogP contribution in [0.1, 0.15) is 40.8 Å². The molecule has 1 amide bonds. The van der Waals surface area contributed by atoms with Crippen LogP contribution in [0.15, 0.2) is 72.3 Å². The standard InChI is InChI=1S/C28H25NO4/c1-16-7-10-22(11-8-16)29-25(19-6-4-5-17(2)13-19)24(27(31)28(29)32)26(30)20-9-12-23-21(15-20)14-18(3)33-23/h4-13,15,18,25,30H,14H2,1-3H3/b26-24-. The summed E-state index contributed by atoms with van der Waals surface area (Å²) in [5, 5.41) is 11.4. The van der Waals surface area contributed by atoms with Crippen LogP contribution < -0.4 is 9.64 Å². The Morgan fingerprint density at radius 2 is 1.73 bits per heavy atom. The van der Waals surface area contributed by atoms with Gasteiger partial charge in [-0.05, 0) is 62.2 Å². The van der Waals surface area contributed by atoms with Crippen molar-refractivity contribution in [3.63, 3.8) is 0 Å². The van der Waals surface area contributed by atoms with E-state index in [0.717, 1.165) is 34.4 Å². The molecule has 1 fully saturated rings. The van der Waals surface area contributed by atoms with Crippen molar-refractivity contribution in [3.8, 4) is 5.75 Å². The maximum Gasteiger partial charge on any atom is 0.300 e. The second-order valence-corrected chi connectivity index (χ2v) is 8.87. The zero-order valence-electron chi connectivity index (χ0n) is 18.8. The summed E-state index contributed by atoms with van der Waals surface area (Å²) >= 11 is 0. The summed E-state index contributed by atoms with van der Waals surface area (Å²) in [6.07, 6.45) is 0.798. The number of carbonyl (C=O) groups is 2. The second kappa shape index (κ2) is 7.93. The summed E-state index contributed by atoms with van der Waals surface area (Å²) in [6.45, 7) is 5.92. The number of aryl methyl sites for hydroxylation is 2. The van der Waals surface area contributed by atoms with Crippen molar-refractivity contribution in [2.75, 3.05) is 4.90 Å². The van der Waals surface area contributed by atoms with Crippen LogP contribution in [0.3, 0.4) is 0 Å². The van der Waals surface area contributed by atoms with Crippen LogP contribution in [0, 0.1) is 13.8 Å². The highest BCUT2D eigenvalue weighted by Crippen LogP contribution is 2.43. The Hall–Kier alpha value is -3.86. The fraction of sp³-hybridized carbons (Fsp3) is 0.214. The smallest absolute Gasteiger partial charge is 0.300 e. The van der Waals surface area contributed by atoms with Crippen LogP contribution in [-0.4, -0.2) is 22.9 Å². The van der Waals surface area contributed by atoms with Crippen LogP contribution in [0.25, 0.3) is 5.76 Å². The molecular formula is C28H25NO4. The Morgan fingerprint density at radius 1 is 0.970 bits per heavy atom. The number of Topliss-reactive ketones (excluding diaryl/α,β-unsaturated/α-hetero) is 1.